The van der Waals surface area contributed by atoms with Crippen molar-refractivity contribution in [1.82, 2.24) is 15.0 Å². The van der Waals surface area contributed by atoms with Gasteiger partial charge in [-0.15, -0.1) is 0 Å². The van der Waals surface area contributed by atoms with Crippen molar-refractivity contribution in [2.75, 3.05) is 13.7 Å². The first-order chi connectivity index (χ1) is 16.7. The van der Waals surface area contributed by atoms with E-state index in [4.69, 9.17) is 9.47 Å². The lowest BCUT2D eigenvalue weighted by Crippen LogP contribution is -2.25. The Kier molecular flexibility index (Phi) is 8.43. The van der Waals surface area contributed by atoms with Crippen LogP contribution in [0.5, 0.6) is 5.88 Å². The number of hydrazone groups is 1. The van der Waals surface area contributed by atoms with Gasteiger partial charge in [0.05, 0.1) is 18.5 Å². The van der Waals surface area contributed by atoms with Gasteiger partial charge in [-0.3, -0.25) is 4.79 Å². The molecule has 2 heterocycles. The van der Waals surface area contributed by atoms with Gasteiger partial charge in [0, 0.05) is 39.8 Å². The number of ether oxygens (including phenoxy) is 2. The third kappa shape index (κ3) is 5.78. The highest BCUT2D eigenvalue weighted by Crippen LogP contribution is 2.30. The van der Waals surface area contributed by atoms with Crippen molar-refractivity contribution in [2.24, 2.45) is 5.10 Å². The number of nitrogens with one attached hydrogen (secondary N) is 1. The zero-order valence-corrected chi connectivity index (χ0v) is 22.3. The third-order valence-corrected chi connectivity index (χ3v) is 6.77. The largest absolute Gasteiger partial charge is 0.467 e. The Hall–Kier alpha value is -3.48. The van der Waals surface area contributed by atoms with E-state index in [2.05, 4.69) is 74.1 Å². The molecule has 8 nitrogen and oxygen atoms in total. The maximum absolute atomic E-state index is 12.3. The Labute approximate surface area is 213 Å². The van der Waals surface area contributed by atoms with E-state index >= 15 is 0 Å². The van der Waals surface area contributed by atoms with Crippen LogP contribution in [0, 0.1) is 45.9 Å². The van der Waals surface area contributed by atoms with E-state index in [0.29, 0.717) is 15.7 Å². The average molecular weight is 538 g/mol. The van der Waals surface area contributed by atoms with Gasteiger partial charge in [0.1, 0.15) is 11.6 Å². The number of carbonyl (C=O) groups is 1. The van der Waals surface area contributed by atoms with E-state index in [1.807, 2.05) is 19.9 Å². The Balaban J connectivity index is 1.69. The van der Waals surface area contributed by atoms with Crippen LogP contribution in [0.1, 0.15) is 44.9 Å². The van der Waals surface area contributed by atoms with Gasteiger partial charge in [0.2, 0.25) is 5.88 Å². The van der Waals surface area contributed by atoms with Gasteiger partial charge in [-0.1, -0.05) is 6.07 Å². The predicted molar refractivity (Wildman–Crippen MR) is 138 cm³/mol. The standard InChI is InChI=1S/C26H28BrN5O3/c1-15-7-8-21(9-16(15)2)32-17(3)10-20(19(32)5)12-29-31-24(33)14-35-26-22(11-28)23(13-34-6)25(27)18(4)30-26/h7-10,12H,13-14H2,1-6H3,(H,31,33)/b29-12-. The molecule has 0 saturated heterocycles. The molecule has 2 aromatic heterocycles. The lowest BCUT2D eigenvalue weighted by Gasteiger charge is -2.13. The number of hydrogen-bond acceptors (Lipinski definition) is 6. The molecule has 3 aromatic rings. The van der Waals surface area contributed by atoms with Crippen molar-refractivity contribution >= 4 is 28.1 Å². The number of methoxy groups -OCH3 is 1. The quantitative estimate of drug-likeness (QED) is 0.330. The normalized spacial score (nSPS) is 11.0. The minimum absolute atomic E-state index is 0.0799. The van der Waals surface area contributed by atoms with Gasteiger partial charge in [-0.05, 0) is 79.9 Å². The number of nitrogens with zero attached hydrogens (tertiary/aromatic N) is 4. The van der Waals surface area contributed by atoms with E-state index in [-0.39, 0.29) is 24.7 Å². The summed E-state index contributed by atoms with van der Waals surface area (Å²) in [4.78, 5) is 16.6. The topological polar surface area (TPSA) is 102 Å². The van der Waals surface area contributed by atoms with Crippen LogP contribution in [0.15, 0.2) is 33.8 Å². The predicted octanol–water partition coefficient (Wildman–Crippen LogP) is 4.72. The summed E-state index contributed by atoms with van der Waals surface area (Å²) in [7, 11) is 1.54. The van der Waals surface area contributed by atoms with Crippen molar-refractivity contribution in [3.8, 4) is 17.6 Å². The van der Waals surface area contributed by atoms with Crippen molar-refractivity contribution in [2.45, 2.75) is 41.2 Å². The van der Waals surface area contributed by atoms with Crippen LogP contribution in [0.3, 0.4) is 0 Å². The molecule has 182 valence electrons. The lowest BCUT2D eigenvalue weighted by atomic mass is 10.1. The summed E-state index contributed by atoms with van der Waals surface area (Å²) in [5, 5.41) is 13.6. The number of carbonyl (C=O) groups excluding carboxylic acids is 1. The van der Waals surface area contributed by atoms with Gasteiger partial charge in [0.15, 0.2) is 6.61 Å². The molecule has 0 atom stereocenters. The van der Waals surface area contributed by atoms with E-state index in [1.54, 1.807) is 13.1 Å². The second-order valence-electron chi connectivity index (χ2n) is 8.23. The van der Waals surface area contributed by atoms with E-state index in [0.717, 1.165) is 22.6 Å². The SMILES string of the molecule is COCc1c(Br)c(C)nc(OCC(=O)N/N=C\c2cc(C)n(-c3ccc(C)c(C)c3)c2C)c1C#N. The second-order valence-corrected chi connectivity index (χ2v) is 9.02. The number of aromatic nitrogens is 2. The van der Waals surface area contributed by atoms with Gasteiger partial charge in [0.25, 0.3) is 5.91 Å². The summed E-state index contributed by atoms with van der Waals surface area (Å²) in [5.74, 6) is -0.389. The lowest BCUT2D eigenvalue weighted by molar-refractivity contribution is -0.123. The molecule has 9 heteroatoms. The number of amides is 1. The van der Waals surface area contributed by atoms with E-state index in [1.165, 1.54) is 18.2 Å². The summed E-state index contributed by atoms with van der Waals surface area (Å²) >= 11 is 3.43. The number of rotatable bonds is 8. The molecule has 0 aliphatic heterocycles. The zero-order chi connectivity index (χ0) is 25.7. The van der Waals surface area contributed by atoms with Crippen LogP contribution in [0.25, 0.3) is 5.69 Å². The maximum atomic E-state index is 12.3. The van der Waals surface area contributed by atoms with Crippen LogP contribution < -0.4 is 10.2 Å². The van der Waals surface area contributed by atoms with Crippen LogP contribution in [0.2, 0.25) is 0 Å². The van der Waals surface area contributed by atoms with Gasteiger partial charge < -0.3 is 14.0 Å². The Morgan fingerprint density at radius 2 is 1.97 bits per heavy atom. The molecule has 3 rings (SSSR count). The van der Waals surface area contributed by atoms with Gasteiger partial charge in [-0.25, -0.2) is 10.4 Å². The number of aryl methyl sites for hydroxylation is 4. The first-order valence-electron chi connectivity index (χ1n) is 11.0. The van der Waals surface area contributed by atoms with Crippen molar-refractivity contribution in [1.29, 1.82) is 5.26 Å². The summed E-state index contributed by atoms with van der Waals surface area (Å²) < 4.78 is 13.5. The maximum Gasteiger partial charge on any atom is 0.278 e. The molecule has 0 bridgehead atoms. The number of nitriles is 1. The number of benzene rings is 1. The smallest absolute Gasteiger partial charge is 0.278 e. The molecule has 35 heavy (non-hydrogen) atoms. The molecule has 0 radical (unpaired) electrons. The molecule has 0 unspecified atom stereocenters. The highest BCUT2D eigenvalue weighted by atomic mass is 79.9. The Morgan fingerprint density at radius 1 is 1.23 bits per heavy atom. The van der Waals surface area contributed by atoms with Crippen molar-refractivity contribution in [3.05, 3.63) is 73.6 Å². The molecular formula is C26H28BrN5O3. The fraction of sp³-hybridized carbons (Fsp3) is 0.308. The van der Waals surface area contributed by atoms with Crippen molar-refractivity contribution in [3.63, 3.8) is 0 Å². The molecule has 0 aliphatic rings. The fourth-order valence-electron chi connectivity index (χ4n) is 3.73. The minimum Gasteiger partial charge on any atom is -0.467 e. The van der Waals surface area contributed by atoms with E-state index in [9.17, 15) is 10.1 Å². The van der Waals surface area contributed by atoms with Gasteiger partial charge in [-0.2, -0.15) is 10.4 Å². The van der Waals surface area contributed by atoms with Crippen LogP contribution >= 0.6 is 15.9 Å². The molecule has 1 aromatic carbocycles. The number of hydrogen-bond donors (Lipinski definition) is 1. The van der Waals surface area contributed by atoms with E-state index < -0.39 is 5.91 Å². The van der Waals surface area contributed by atoms with Crippen LogP contribution in [-0.4, -0.2) is 35.4 Å². The highest BCUT2D eigenvalue weighted by Gasteiger charge is 2.18. The monoisotopic (exact) mass is 537 g/mol. The summed E-state index contributed by atoms with van der Waals surface area (Å²) in [6.07, 6.45) is 1.61. The first-order valence-corrected chi connectivity index (χ1v) is 11.8. The number of halogens is 1. The molecule has 0 saturated carbocycles. The average Bonchev–Trinajstić information content (AvgIpc) is 3.10. The molecule has 1 amide bonds. The summed E-state index contributed by atoms with van der Waals surface area (Å²) in [5.41, 5.74) is 10.5. The number of pyridine rings is 1. The summed E-state index contributed by atoms with van der Waals surface area (Å²) in [6, 6.07) is 10.4. The van der Waals surface area contributed by atoms with Crippen LogP contribution in [0.4, 0.5) is 0 Å². The second kappa shape index (κ2) is 11.3. The Bertz CT molecular complexity index is 1340. The summed E-state index contributed by atoms with van der Waals surface area (Å²) in [6.45, 7) is 9.87. The van der Waals surface area contributed by atoms with Crippen LogP contribution in [-0.2, 0) is 16.1 Å². The fourth-order valence-corrected chi connectivity index (χ4v) is 4.14. The van der Waals surface area contributed by atoms with Gasteiger partial charge >= 0.3 is 0 Å². The first kappa shape index (κ1) is 26.1. The molecule has 0 fully saturated rings. The highest BCUT2D eigenvalue weighted by molar-refractivity contribution is 9.10. The molecule has 1 N–H and O–H groups in total. The third-order valence-electron chi connectivity index (χ3n) is 5.72. The zero-order valence-electron chi connectivity index (χ0n) is 20.7. The van der Waals surface area contributed by atoms with Crippen molar-refractivity contribution < 1.29 is 14.3 Å². The Morgan fingerprint density at radius 3 is 2.63 bits per heavy atom. The minimum atomic E-state index is -0.469. The molecular weight excluding hydrogens is 510 g/mol. The molecule has 0 spiro atoms. The molecule has 0 aliphatic carbocycles.